The number of carbonyl (C=O) groups is 1. The van der Waals surface area contributed by atoms with Crippen LogP contribution in [0.25, 0.3) is 16.3 Å². The number of nitrogens with one attached hydrogen (secondary N) is 1. The molecular weight excluding hydrogens is 431 g/mol. The molecule has 8 heteroatoms. The van der Waals surface area contributed by atoms with Gasteiger partial charge in [0.2, 0.25) is 0 Å². The molecule has 4 rings (SSSR count). The Balaban J connectivity index is 1.53. The summed E-state index contributed by atoms with van der Waals surface area (Å²) in [5.74, 6) is -0.980. The van der Waals surface area contributed by atoms with E-state index in [4.69, 9.17) is 0 Å². The van der Waals surface area contributed by atoms with Crippen molar-refractivity contribution in [2.45, 2.75) is 0 Å². The number of carbonyl (C=O) groups excluding carboxylic acids is 1. The molecule has 0 aliphatic rings. The number of amides is 1. The first kappa shape index (κ1) is 17.6. The van der Waals surface area contributed by atoms with Crippen LogP contribution in [0.4, 0.5) is 10.1 Å². The third kappa shape index (κ3) is 3.81. The van der Waals surface area contributed by atoms with Crippen molar-refractivity contribution in [3.63, 3.8) is 0 Å². The van der Waals surface area contributed by atoms with Crippen LogP contribution in [0.1, 0.15) is 10.5 Å². The number of rotatable bonds is 4. The molecule has 0 unspecified atom stereocenters. The van der Waals surface area contributed by atoms with Gasteiger partial charge in [0, 0.05) is 21.6 Å². The number of hydrogen-bond acceptors (Lipinski definition) is 4. The second-order valence-corrected chi connectivity index (χ2v) is 7.40. The van der Waals surface area contributed by atoms with Crippen molar-refractivity contribution in [2.24, 2.45) is 0 Å². The maximum Gasteiger partial charge on any atom is 0.275 e. The van der Waals surface area contributed by atoms with Crippen LogP contribution in [0, 0.1) is 5.82 Å². The van der Waals surface area contributed by atoms with E-state index in [1.807, 2.05) is 36.5 Å². The van der Waals surface area contributed by atoms with Gasteiger partial charge in [0.25, 0.3) is 5.91 Å². The molecule has 0 aliphatic carbocycles. The molecule has 0 spiro atoms. The lowest BCUT2D eigenvalue weighted by Crippen LogP contribution is -2.13. The zero-order valence-corrected chi connectivity index (χ0v) is 16.2. The van der Waals surface area contributed by atoms with Gasteiger partial charge in [0.15, 0.2) is 0 Å². The fourth-order valence-electron chi connectivity index (χ4n) is 2.44. The number of para-hydroxylation sites is 1. The molecule has 1 N–H and O–H groups in total. The second kappa shape index (κ2) is 7.42. The largest absolute Gasteiger partial charge is 0.318 e. The van der Waals surface area contributed by atoms with Gasteiger partial charge in [0.05, 0.1) is 17.6 Å². The van der Waals surface area contributed by atoms with E-state index in [0.717, 1.165) is 11.3 Å². The fourth-order valence-corrected chi connectivity index (χ4v) is 3.55. The first-order chi connectivity index (χ1) is 13.1. The number of nitrogens with zero attached hydrogens (tertiary/aromatic N) is 3. The smallest absolute Gasteiger partial charge is 0.275 e. The average molecular weight is 443 g/mol. The van der Waals surface area contributed by atoms with E-state index in [9.17, 15) is 9.18 Å². The molecule has 134 valence electrons. The number of halogens is 2. The quantitative estimate of drug-likeness (QED) is 0.475. The lowest BCUT2D eigenvalue weighted by Gasteiger charge is -2.04. The van der Waals surface area contributed by atoms with E-state index in [0.29, 0.717) is 9.48 Å². The van der Waals surface area contributed by atoms with Crippen LogP contribution in [-0.2, 0) is 0 Å². The Bertz CT molecular complexity index is 1110. The molecule has 2 aromatic heterocycles. The Kier molecular flexibility index (Phi) is 4.83. The van der Waals surface area contributed by atoms with Gasteiger partial charge >= 0.3 is 0 Å². The van der Waals surface area contributed by atoms with Crippen LogP contribution >= 0.6 is 27.3 Å². The van der Waals surface area contributed by atoms with Gasteiger partial charge in [0.1, 0.15) is 16.5 Å². The van der Waals surface area contributed by atoms with Crippen LogP contribution < -0.4 is 5.32 Å². The summed E-state index contributed by atoms with van der Waals surface area (Å²) in [6.45, 7) is 0. The zero-order chi connectivity index (χ0) is 18.8. The van der Waals surface area contributed by atoms with Crippen LogP contribution in [-0.4, -0.2) is 20.7 Å². The summed E-state index contributed by atoms with van der Waals surface area (Å²) in [6, 6.07) is 14.1. The van der Waals surface area contributed by atoms with Crippen LogP contribution in [0.2, 0.25) is 0 Å². The highest BCUT2D eigenvalue weighted by atomic mass is 79.9. The van der Waals surface area contributed by atoms with Gasteiger partial charge in [-0.15, -0.1) is 11.3 Å². The summed E-state index contributed by atoms with van der Waals surface area (Å²) in [4.78, 5) is 16.7. The van der Waals surface area contributed by atoms with Gasteiger partial charge in [-0.25, -0.2) is 14.1 Å². The summed E-state index contributed by atoms with van der Waals surface area (Å²) < 4.78 is 16.2. The Labute approximate surface area is 166 Å². The monoisotopic (exact) mass is 442 g/mol. The molecular formula is C19H12BrFN4OS. The number of benzene rings is 2. The lowest BCUT2D eigenvalue weighted by molar-refractivity contribution is 0.102. The van der Waals surface area contributed by atoms with Gasteiger partial charge in [-0.1, -0.05) is 34.1 Å². The number of anilines is 1. The van der Waals surface area contributed by atoms with Crippen molar-refractivity contribution in [1.29, 1.82) is 0 Å². The van der Waals surface area contributed by atoms with E-state index in [1.165, 1.54) is 23.5 Å². The minimum atomic E-state index is -0.516. The van der Waals surface area contributed by atoms with E-state index < -0.39 is 11.7 Å². The summed E-state index contributed by atoms with van der Waals surface area (Å²) in [5, 5.41) is 9.18. The molecule has 0 fully saturated rings. The average Bonchev–Trinajstić information content (AvgIpc) is 3.34. The van der Waals surface area contributed by atoms with Crippen molar-refractivity contribution in [1.82, 2.24) is 14.8 Å². The molecule has 0 atom stereocenters. The van der Waals surface area contributed by atoms with Crippen molar-refractivity contribution in [2.75, 3.05) is 5.32 Å². The van der Waals surface area contributed by atoms with Gasteiger partial charge in [-0.05, 0) is 30.3 Å². The molecule has 0 saturated carbocycles. The lowest BCUT2D eigenvalue weighted by atomic mass is 10.3. The van der Waals surface area contributed by atoms with Crippen LogP contribution in [0.5, 0.6) is 0 Å². The Hall–Kier alpha value is -2.84. The first-order valence-electron chi connectivity index (χ1n) is 7.92. The molecule has 4 aromatic rings. The third-order valence-electron chi connectivity index (χ3n) is 3.77. The number of thiazole rings is 1. The summed E-state index contributed by atoms with van der Waals surface area (Å²) in [6.07, 6.45) is 3.55. The number of hydrogen-bond donors (Lipinski definition) is 1. The first-order valence-corrected chi connectivity index (χ1v) is 9.60. The highest BCUT2D eigenvalue weighted by Gasteiger charge is 2.15. The van der Waals surface area contributed by atoms with E-state index >= 15 is 0 Å². The Morgan fingerprint density at radius 2 is 2.00 bits per heavy atom. The highest BCUT2D eigenvalue weighted by molar-refractivity contribution is 9.10. The SMILES string of the molecule is O=C(Nc1ccc(Br)cc1F)c1csc(-c2cnn(-c3ccccc3)c2)n1. The van der Waals surface area contributed by atoms with E-state index in [1.54, 1.807) is 22.3 Å². The van der Waals surface area contributed by atoms with Gasteiger partial charge in [-0.3, -0.25) is 4.79 Å². The molecule has 0 bridgehead atoms. The Morgan fingerprint density at radius 3 is 2.78 bits per heavy atom. The van der Waals surface area contributed by atoms with Crippen molar-refractivity contribution in [3.05, 3.63) is 82.3 Å². The maximum atomic E-state index is 13.9. The van der Waals surface area contributed by atoms with Gasteiger partial charge < -0.3 is 5.32 Å². The topological polar surface area (TPSA) is 59.8 Å². The predicted octanol–water partition coefficient (Wildman–Crippen LogP) is 5.15. The molecule has 0 radical (unpaired) electrons. The molecule has 0 saturated heterocycles. The molecule has 1 amide bonds. The molecule has 2 aromatic carbocycles. The van der Waals surface area contributed by atoms with Crippen LogP contribution in [0.15, 0.2) is 70.8 Å². The minimum Gasteiger partial charge on any atom is -0.318 e. The second-order valence-electron chi connectivity index (χ2n) is 5.63. The third-order valence-corrected chi connectivity index (χ3v) is 5.15. The van der Waals surface area contributed by atoms with E-state index in [2.05, 4.69) is 31.3 Å². The van der Waals surface area contributed by atoms with Crippen LogP contribution in [0.3, 0.4) is 0 Å². The van der Waals surface area contributed by atoms with Crippen molar-refractivity contribution in [3.8, 4) is 16.3 Å². The van der Waals surface area contributed by atoms with Gasteiger partial charge in [-0.2, -0.15) is 5.10 Å². The molecule has 5 nitrogen and oxygen atoms in total. The van der Waals surface area contributed by atoms with Crippen molar-refractivity contribution >= 4 is 38.9 Å². The number of aromatic nitrogens is 3. The van der Waals surface area contributed by atoms with Crippen molar-refractivity contribution < 1.29 is 9.18 Å². The minimum absolute atomic E-state index is 0.106. The summed E-state index contributed by atoms with van der Waals surface area (Å²) in [7, 11) is 0. The highest BCUT2D eigenvalue weighted by Crippen LogP contribution is 2.25. The summed E-state index contributed by atoms with van der Waals surface area (Å²) >= 11 is 4.51. The Morgan fingerprint density at radius 1 is 1.19 bits per heavy atom. The molecule has 2 heterocycles. The predicted molar refractivity (Wildman–Crippen MR) is 107 cm³/mol. The maximum absolute atomic E-state index is 13.9. The van der Waals surface area contributed by atoms with E-state index in [-0.39, 0.29) is 11.4 Å². The fraction of sp³-hybridized carbons (Fsp3) is 0. The normalized spacial score (nSPS) is 10.7. The standard InChI is InChI=1S/C19H12BrFN4OS/c20-13-6-7-16(15(21)8-13)23-18(26)17-11-27-19(24-17)12-9-22-25(10-12)14-4-2-1-3-5-14/h1-11H,(H,23,26). The summed E-state index contributed by atoms with van der Waals surface area (Å²) in [5.41, 5.74) is 2.07. The zero-order valence-electron chi connectivity index (χ0n) is 13.8. The molecule has 0 aliphatic heterocycles. The molecule has 27 heavy (non-hydrogen) atoms.